The number of aryl methyl sites for hydroxylation is 1. The molecule has 0 spiro atoms. The van der Waals surface area contributed by atoms with Crippen molar-refractivity contribution in [1.82, 2.24) is 9.80 Å². The second-order valence-corrected chi connectivity index (χ2v) is 7.65. The second kappa shape index (κ2) is 7.08. The van der Waals surface area contributed by atoms with Gasteiger partial charge in [-0.25, -0.2) is 0 Å². The number of likely N-dealkylation sites (tertiary alicyclic amines) is 2. The van der Waals surface area contributed by atoms with Gasteiger partial charge in [0.05, 0.1) is 0 Å². The summed E-state index contributed by atoms with van der Waals surface area (Å²) in [6, 6.07) is 22.7. The molecule has 0 saturated carbocycles. The van der Waals surface area contributed by atoms with Crippen LogP contribution in [0.25, 0.3) is 0 Å². The molecule has 0 amide bonds. The molecule has 126 valence electrons. The summed E-state index contributed by atoms with van der Waals surface area (Å²) in [5.41, 5.74) is 2.93. The van der Waals surface area contributed by atoms with E-state index in [-0.39, 0.29) is 0 Å². The van der Waals surface area contributed by atoms with Gasteiger partial charge in [-0.05, 0) is 42.9 Å². The lowest BCUT2D eigenvalue weighted by atomic mass is 9.90. The molecular weight excluding hydrogens is 292 g/mol. The Morgan fingerprint density at radius 3 is 2.21 bits per heavy atom. The first-order valence-corrected chi connectivity index (χ1v) is 9.30. The Labute approximate surface area is 146 Å². The van der Waals surface area contributed by atoms with E-state index in [2.05, 4.69) is 77.5 Å². The minimum absolute atomic E-state index is 0.723. The highest BCUT2D eigenvalue weighted by Gasteiger charge is 2.45. The molecule has 0 bridgehead atoms. The summed E-state index contributed by atoms with van der Waals surface area (Å²) in [5.74, 6) is 1.71. The summed E-state index contributed by atoms with van der Waals surface area (Å²) in [7, 11) is 2.29. The SMILES string of the molecule is CN1CC2CN(Cc3ccccc3)C(CCc3ccccc3)C2C1. The van der Waals surface area contributed by atoms with Crippen molar-refractivity contribution in [2.45, 2.75) is 25.4 Å². The molecule has 2 fully saturated rings. The molecule has 2 aromatic rings. The molecule has 0 aliphatic carbocycles. The summed E-state index contributed by atoms with van der Waals surface area (Å²) < 4.78 is 0. The third-order valence-electron chi connectivity index (χ3n) is 5.91. The predicted molar refractivity (Wildman–Crippen MR) is 99.9 cm³/mol. The fourth-order valence-corrected chi connectivity index (χ4v) is 4.81. The first-order valence-electron chi connectivity index (χ1n) is 9.30. The van der Waals surface area contributed by atoms with Crippen LogP contribution in [-0.4, -0.2) is 42.5 Å². The van der Waals surface area contributed by atoms with Crippen LogP contribution in [0.15, 0.2) is 60.7 Å². The third kappa shape index (κ3) is 3.40. The minimum atomic E-state index is 0.723. The molecule has 3 unspecified atom stereocenters. The molecule has 2 aromatic carbocycles. The maximum atomic E-state index is 2.76. The molecule has 2 heterocycles. The van der Waals surface area contributed by atoms with Crippen molar-refractivity contribution < 1.29 is 0 Å². The first-order chi connectivity index (χ1) is 11.8. The summed E-state index contributed by atoms with van der Waals surface area (Å²) in [6.07, 6.45) is 2.48. The van der Waals surface area contributed by atoms with E-state index in [0.29, 0.717) is 0 Å². The average molecular weight is 320 g/mol. The summed E-state index contributed by atoms with van der Waals surface area (Å²) in [6.45, 7) is 4.92. The lowest BCUT2D eigenvalue weighted by molar-refractivity contribution is 0.188. The van der Waals surface area contributed by atoms with Gasteiger partial charge in [0.25, 0.3) is 0 Å². The van der Waals surface area contributed by atoms with E-state index in [1.807, 2.05) is 0 Å². The van der Waals surface area contributed by atoms with Gasteiger partial charge in [0.2, 0.25) is 0 Å². The van der Waals surface area contributed by atoms with Gasteiger partial charge in [-0.3, -0.25) is 4.90 Å². The molecular formula is C22H28N2. The van der Waals surface area contributed by atoms with Gasteiger partial charge in [-0.1, -0.05) is 60.7 Å². The first kappa shape index (κ1) is 15.9. The predicted octanol–water partition coefficient (Wildman–Crippen LogP) is 3.68. The zero-order valence-corrected chi connectivity index (χ0v) is 14.6. The fraction of sp³-hybridized carbons (Fsp3) is 0.455. The Morgan fingerprint density at radius 1 is 0.833 bits per heavy atom. The highest BCUT2D eigenvalue weighted by atomic mass is 15.2. The van der Waals surface area contributed by atoms with Gasteiger partial charge in [0.15, 0.2) is 0 Å². The van der Waals surface area contributed by atoms with Gasteiger partial charge in [0, 0.05) is 32.2 Å². The standard InChI is InChI=1S/C22H28N2/c1-23-15-20-16-24(14-19-10-6-3-7-11-19)22(21(20)17-23)13-12-18-8-4-2-5-9-18/h2-11,20-22H,12-17H2,1H3. The Hall–Kier alpha value is -1.64. The van der Waals surface area contributed by atoms with E-state index in [4.69, 9.17) is 0 Å². The molecule has 4 rings (SSSR count). The van der Waals surface area contributed by atoms with E-state index in [0.717, 1.165) is 24.4 Å². The van der Waals surface area contributed by atoms with E-state index in [9.17, 15) is 0 Å². The van der Waals surface area contributed by atoms with Crippen molar-refractivity contribution in [2.75, 3.05) is 26.7 Å². The molecule has 2 aliphatic heterocycles. The molecule has 0 aromatic heterocycles. The Balaban J connectivity index is 1.47. The Bertz CT molecular complexity index is 640. The highest BCUT2D eigenvalue weighted by molar-refractivity contribution is 5.17. The molecule has 0 radical (unpaired) electrons. The van der Waals surface area contributed by atoms with Crippen LogP contribution in [0.5, 0.6) is 0 Å². The van der Waals surface area contributed by atoms with E-state index in [1.54, 1.807) is 0 Å². The average Bonchev–Trinajstić information content (AvgIpc) is 3.11. The smallest absolute Gasteiger partial charge is 0.0236 e. The van der Waals surface area contributed by atoms with Crippen LogP contribution in [0.3, 0.4) is 0 Å². The number of hydrogen-bond donors (Lipinski definition) is 0. The van der Waals surface area contributed by atoms with Crippen molar-refractivity contribution in [3.63, 3.8) is 0 Å². The Morgan fingerprint density at radius 2 is 1.50 bits per heavy atom. The molecule has 2 heteroatoms. The zero-order valence-electron chi connectivity index (χ0n) is 14.6. The number of benzene rings is 2. The Kier molecular flexibility index (Phi) is 4.68. The van der Waals surface area contributed by atoms with Gasteiger partial charge in [-0.15, -0.1) is 0 Å². The molecule has 2 saturated heterocycles. The fourth-order valence-electron chi connectivity index (χ4n) is 4.81. The van der Waals surface area contributed by atoms with Crippen LogP contribution in [0, 0.1) is 11.8 Å². The second-order valence-electron chi connectivity index (χ2n) is 7.65. The quantitative estimate of drug-likeness (QED) is 0.829. The molecule has 2 nitrogen and oxygen atoms in total. The molecule has 2 aliphatic rings. The molecule has 3 atom stereocenters. The van der Waals surface area contributed by atoms with Crippen molar-refractivity contribution >= 4 is 0 Å². The van der Waals surface area contributed by atoms with Crippen molar-refractivity contribution in [1.29, 1.82) is 0 Å². The van der Waals surface area contributed by atoms with Crippen LogP contribution < -0.4 is 0 Å². The van der Waals surface area contributed by atoms with Crippen LogP contribution in [-0.2, 0) is 13.0 Å². The maximum absolute atomic E-state index is 2.76. The lowest BCUT2D eigenvalue weighted by Crippen LogP contribution is -2.36. The van der Waals surface area contributed by atoms with Crippen LogP contribution >= 0.6 is 0 Å². The normalized spacial score (nSPS) is 27.5. The lowest BCUT2D eigenvalue weighted by Gasteiger charge is -2.29. The number of fused-ring (bicyclic) bond motifs is 1. The largest absolute Gasteiger partial charge is 0.306 e. The van der Waals surface area contributed by atoms with Gasteiger partial charge in [-0.2, -0.15) is 0 Å². The summed E-state index contributed by atoms with van der Waals surface area (Å²) >= 11 is 0. The van der Waals surface area contributed by atoms with Gasteiger partial charge in [0.1, 0.15) is 0 Å². The van der Waals surface area contributed by atoms with E-state index in [1.165, 1.54) is 43.6 Å². The minimum Gasteiger partial charge on any atom is -0.306 e. The number of nitrogens with zero attached hydrogens (tertiary/aromatic N) is 2. The van der Waals surface area contributed by atoms with Crippen LogP contribution in [0.1, 0.15) is 17.5 Å². The summed E-state index contributed by atoms with van der Waals surface area (Å²) in [5, 5.41) is 0. The van der Waals surface area contributed by atoms with Crippen molar-refractivity contribution in [3.05, 3.63) is 71.8 Å². The van der Waals surface area contributed by atoms with Gasteiger partial charge >= 0.3 is 0 Å². The monoisotopic (exact) mass is 320 g/mol. The topological polar surface area (TPSA) is 6.48 Å². The highest BCUT2D eigenvalue weighted by Crippen LogP contribution is 2.38. The van der Waals surface area contributed by atoms with Crippen LogP contribution in [0.2, 0.25) is 0 Å². The number of rotatable bonds is 5. The molecule has 24 heavy (non-hydrogen) atoms. The van der Waals surface area contributed by atoms with Crippen LogP contribution in [0.4, 0.5) is 0 Å². The summed E-state index contributed by atoms with van der Waals surface area (Å²) in [4.78, 5) is 5.30. The van der Waals surface area contributed by atoms with Crippen molar-refractivity contribution in [2.24, 2.45) is 11.8 Å². The van der Waals surface area contributed by atoms with Crippen molar-refractivity contribution in [3.8, 4) is 0 Å². The third-order valence-corrected chi connectivity index (χ3v) is 5.91. The molecule has 0 N–H and O–H groups in total. The van der Waals surface area contributed by atoms with Gasteiger partial charge < -0.3 is 4.90 Å². The zero-order chi connectivity index (χ0) is 16.4. The van der Waals surface area contributed by atoms with E-state index >= 15 is 0 Å². The van der Waals surface area contributed by atoms with E-state index < -0.39 is 0 Å². The maximum Gasteiger partial charge on any atom is 0.0236 e. The number of hydrogen-bond acceptors (Lipinski definition) is 2.